The molecule has 19 heavy (non-hydrogen) atoms. The van der Waals surface area contributed by atoms with Crippen molar-refractivity contribution >= 4 is 11.9 Å². The summed E-state index contributed by atoms with van der Waals surface area (Å²) in [6.45, 7) is 4.47. The van der Waals surface area contributed by atoms with Gasteiger partial charge in [-0.05, 0) is 30.9 Å². The number of carbonyl (C=O) groups excluding carboxylic acids is 1. The molecule has 0 aliphatic carbocycles. The topological polar surface area (TPSA) is 70.8 Å². The Bertz CT molecular complexity index is 470. The third kappa shape index (κ3) is 2.50. The molecule has 0 aromatic carbocycles. The van der Waals surface area contributed by atoms with Crippen LogP contribution in [0, 0.1) is 0 Å². The van der Waals surface area contributed by atoms with Crippen molar-refractivity contribution in [3.8, 4) is 0 Å². The summed E-state index contributed by atoms with van der Waals surface area (Å²) in [5, 5.41) is 9.11. The maximum atomic E-state index is 12.3. The maximum absolute atomic E-state index is 12.3. The summed E-state index contributed by atoms with van der Waals surface area (Å²) in [5.41, 5.74) is 1.02. The van der Waals surface area contributed by atoms with E-state index in [1.807, 2.05) is 13.8 Å². The third-order valence-electron chi connectivity index (χ3n) is 3.61. The molecule has 104 valence electrons. The van der Waals surface area contributed by atoms with Crippen LogP contribution in [0.5, 0.6) is 0 Å². The number of carboxylic acid groups (broad SMARTS) is 1. The molecule has 2 heterocycles. The molecule has 1 atom stereocenters. The summed E-state index contributed by atoms with van der Waals surface area (Å²) in [4.78, 5) is 24.8. The highest BCUT2D eigenvalue weighted by Gasteiger charge is 2.35. The van der Waals surface area contributed by atoms with Crippen LogP contribution in [0.4, 0.5) is 0 Å². The van der Waals surface area contributed by atoms with Gasteiger partial charge in [0.2, 0.25) is 0 Å². The number of nitrogens with zero attached hydrogens (tertiary/aromatic N) is 1. The minimum atomic E-state index is -0.941. The van der Waals surface area contributed by atoms with Crippen LogP contribution in [0.1, 0.15) is 48.6 Å². The first-order valence-electron chi connectivity index (χ1n) is 6.73. The van der Waals surface area contributed by atoms with Crippen molar-refractivity contribution in [1.82, 2.24) is 4.90 Å². The minimum Gasteiger partial charge on any atom is -0.480 e. The summed E-state index contributed by atoms with van der Waals surface area (Å²) in [6, 6.07) is 1.03. The molecule has 0 bridgehead atoms. The average molecular weight is 265 g/mol. The van der Waals surface area contributed by atoms with Crippen LogP contribution in [0.2, 0.25) is 0 Å². The highest BCUT2D eigenvalue weighted by Crippen LogP contribution is 2.23. The Morgan fingerprint density at radius 1 is 1.42 bits per heavy atom. The summed E-state index contributed by atoms with van der Waals surface area (Å²) in [6.07, 6.45) is 2.79. The van der Waals surface area contributed by atoms with Crippen LogP contribution in [0.25, 0.3) is 0 Å². The van der Waals surface area contributed by atoms with E-state index in [9.17, 15) is 9.59 Å². The molecule has 1 N–H and O–H groups in total. The zero-order chi connectivity index (χ0) is 14.0. The van der Waals surface area contributed by atoms with E-state index in [1.54, 1.807) is 6.07 Å². The highest BCUT2D eigenvalue weighted by atomic mass is 16.4. The predicted octanol–water partition coefficient (Wildman–Crippen LogP) is 2.09. The van der Waals surface area contributed by atoms with E-state index in [1.165, 1.54) is 4.90 Å². The van der Waals surface area contributed by atoms with Crippen molar-refractivity contribution < 1.29 is 19.1 Å². The molecule has 1 aliphatic heterocycles. The molecule has 1 aromatic heterocycles. The molecule has 0 unspecified atom stereocenters. The van der Waals surface area contributed by atoms with Gasteiger partial charge < -0.3 is 14.4 Å². The number of furan rings is 1. The standard InChI is InChI=1S/C14H19NO4/c1-3-9-8-12(19-11(9)4-2)13(16)15-7-5-6-10(15)14(17)18/h8,10H,3-7H2,1-2H3,(H,17,18)/t10-/m0/s1. The van der Waals surface area contributed by atoms with E-state index < -0.39 is 12.0 Å². The summed E-state index contributed by atoms with van der Waals surface area (Å²) >= 11 is 0. The molecular formula is C14H19NO4. The molecule has 0 radical (unpaired) electrons. The van der Waals surface area contributed by atoms with Gasteiger partial charge in [-0.25, -0.2) is 4.79 Å². The predicted molar refractivity (Wildman–Crippen MR) is 69.2 cm³/mol. The van der Waals surface area contributed by atoms with Gasteiger partial charge in [-0.15, -0.1) is 0 Å². The first-order valence-corrected chi connectivity index (χ1v) is 6.73. The van der Waals surface area contributed by atoms with Gasteiger partial charge in [0, 0.05) is 13.0 Å². The number of hydrogen-bond donors (Lipinski definition) is 1. The number of aryl methyl sites for hydroxylation is 2. The van der Waals surface area contributed by atoms with Gasteiger partial charge in [0.1, 0.15) is 11.8 Å². The second-order valence-electron chi connectivity index (χ2n) is 4.76. The van der Waals surface area contributed by atoms with Gasteiger partial charge in [0.15, 0.2) is 5.76 Å². The van der Waals surface area contributed by atoms with E-state index in [-0.39, 0.29) is 11.7 Å². The summed E-state index contributed by atoms with van der Waals surface area (Å²) < 4.78 is 5.57. The van der Waals surface area contributed by atoms with Crippen molar-refractivity contribution in [1.29, 1.82) is 0 Å². The van der Waals surface area contributed by atoms with Gasteiger partial charge in [-0.2, -0.15) is 0 Å². The largest absolute Gasteiger partial charge is 0.480 e. The second-order valence-corrected chi connectivity index (χ2v) is 4.76. The number of carboxylic acids is 1. The van der Waals surface area contributed by atoms with E-state index in [4.69, 9.17) is 9.52 Å². The zero-order valence-corrected chi connectivity index (χ0v) is 11.3. The molecular weight excluding hydrogens is 246 g/mol. The maximum Gasteiger partial charge on any atom is 0.326 e. The molecule has 1 aliphatic rings. The number of rotatable bonds is 4. The number of amides is 1. The minimum absolute atomic E-state index is 0.266. The second kappa shape index (κ2) is 5.47. The first kappa shape index (κ1) is 13.6. The number of likely N-dealkylation sites (tertiary alicyclic amines) is 1. The van der Waals surface area contributed by atoms with Gasteiger partial charge in [0.05, 0.1) is 0 Å². The van der Waals surface area contributed by atoms with Crippen LogP contribution < -0.4 is 0 Å². The van der Waals surface area contributed by atoms with Gasteiger partial charge >= 0.3 is 5.97 Å². The lowest BCUT2D eigenvalue weighted by Gasteiger charge is -2.19. The fourth-order valence-electron chi connectivity index (χ4n) is 2.58. The van der Waals surface area contributed by atoms with E-state index in [2.05, 4.69) is 0 Å². The normalized spacial score (nSPS) is 18.8. The summed E-state index contributed by atoms with van der Waals surface area (Å²) in [5.74, 6) is -0.165. The Kier molecular flexibility index (Phi) is 3.93. The SMILES string of the molecule is CCc1cc(C(=O)N2CCC[C@H]2C(=O)O)oc1CC. The molecule has 1 saturated heterocycles. The van der Waals surface area contributed by atoms with Crippen LogP contribution in [-0.2, 0) is 17.6 Å². The number of aliphatic carboxylic acids is 1. The number of hydrogen-bond acceptors (Lipinski definition) is 3. The molecule has 2 rings (SSSR count). The lowest BCUT2D eigenvalue weighted by atomic mass is 10.1. The fraction of sp³-hybridized carbons (Fsp3) is 0.571. The first-order chi connectivity index (χ1) is 9.08. The zero-order valence-electron chi connectivity index (χ0n) is 11.3. The van der Waals surface area contributed by atoms with Gasteiger partial charge in [0.25, 0.3) is 5.91 Å². The third-order valence-corrected chi connectivity index (χ3v) is 3.61. The average Bonchev–Trinajstić information content (AvgIpc) is 3.03. The Morgan fingerprint density at radius 2 is 2.16 bits per heavy atom. The van der Waals surface area contributed by atoms with Gasteiger partial charge in [-0.1, -0.05) is 13.8 Å². The Balaban J connectivity index is 2.24. The summed E-state index contributed by atoms with van der Waals surface area (Å²) in [7, 11) is 0. The van der Waals surface area contributed by atoms with Crippen LogP contribution in [0.15, 0.2) is 10.5 Å². The molecule has 0 saturated carbocycles. The van der Waals surface area contributed by atoms with E-state index in [0.29, 0.717) is 13.0 Å². The van der Waals surface area contributed by atoms with Crippen molar-refractivity contribution in [3.63, 3.8) is 0 Å². The monoisotopic (exact) mass is 265 g/mol. The van der Waals surface area contributed by atoms with E-state index >= 15 is 0 Å². The molecule has 1 aromatic rings. The lowest BCUT2D eigenvalue weighted by Crippen LogP contribution is -2.40. The Hall–Kier alpha value is -1.78. The molecule has 1 fully saturated rings. The Labute approximate surface area is 112 Å². The molecule has 0 spiro atoms. The van der Waals surface area contributed by atoms with Crippen molar-refractivity contribution in [3.05, 3.63) is 23.2 Å². The smallest absolute Gasteiger partial charge is 0.326 e. The Morgan fingerprint density at radius 3 is 2.68 bits per heavy atom. The lowest BCUT2D eigenvalue weighted by molar-refractivity contribution is -0.141. The molecule has 5 nitrogen and oxygen atoms in total. The number of carbonyl (C=O) groups is 2. The highest BCUT2D eigenvalue weighted by molar-refractivity contribution is 5.95. The van der Waals surface area contributed by atoms with Crippen LogP contribution in [-0.4, -0.2) is 34.5 Å². The van der Waals surface area contributed by atoms with Gasteiger partial charge in [-0.3, -0.25) is 4.79 Å². The van der Waals surface area contributed by atoms with Crippen LogP contribution in [0.3, 0.4) is 0 Å². The van der Waals surface area contributed by atoms with Crippen molar-refractivity contribution in [2.75, 3.05) is 6.54 Å². The quantitative estimate of drug-likeness (QED) is 0.905. The van der Waals surface area contributed by atoms with Crippen molar-refractivity contribution in [2.45, 2.75) is 45.6 Å². The molecule has 5 heteroatoms. The van der Waals surface area contributed by atoms with Crippen LogP contribution >= 0.6 is 0 Å². The van der Waals surface area contributed by atoms with Crippen molar-refractivity contribution in [2.24, 2.45) is 0 Å². The van der Waals surface area contributed by atoms with E-state index in [0.717, 1.165) is 30.6 Å². The molecule has 1 amide bonds. The fourth-order valence-corrected chi connectivity index (χ4v) is 2.58.